The zero-order valence-electron chi connectivity index (χ0n) is 13.7. The first-order valence-corrected chi connectivity index (χ1v) is 7.83. The molecule has 0 spiro atoms. The summed E-state index contributed by atoms with van der Waals surface area (Å²) in [5, 5.41) is 3.04. The van der Waals surface area contributed by atoms with Gasteiger partial charge in [0.05, 0.1) is 12.1 Å². The predicted molar refractivity (Wildman–Crippen MR) is 89.6 cm³/mol. The second-order valence-electron chi connectivity index (χ2n) is 6.15. The van der Waals surface area contributed by atoms with Crippen molar-refractivity contribution in [1.29, 1.82) is 0 Å². The molecule has 0 fully saturated rings. The van der Waals surface area contributed by atoms with E-state index in [0.717, 1.165) is 6.07 Å². The molecule has 1 atom stereocenters. The summed E-state index contributed by atoms with van der Waals surface area (Å²) < 4.78 is 45.9. The topological polar surface area (TPSA) is 59.6 Å². The number of amidine groups is 1. The van der Waals surface area contributed by atoms with Crippen LogP contribution in [0, 0.1) is 17.5 Å². The maximum Gasteiger partial charge on any atom is 0.282 e. The molecule has 0 bridgehead atoms. The van der Waals surface area contributed by atoms with Crippen LogP contribution in [0.5, 0.6) is 0 Å². The largest absolute Gasteiger partial charge is 0.465 e. The van der Waals surface area contributed by atoms with E-state index in [9.17, 15) is 13.2 Å². The molecule has 3 N–H and O–H groups in total. The highest BCUT2D eigenvalue weighted by Crippen LogP contribution is 2.35. The van der Waals surface area contributed by atoms with Gasteiger partial charge in [-0.15, -0.1) is 0 Å². The fraction of sp³-hybridized carbons (Fsp3) is 0.278. The lowest BCUT2D eigenvalue weighted by Crippen LogP contribution is -2.34. The fourth-order valence-electron chi connectivity index (χ4n) is 2.85. The Morgan fingerprint density at radius 2 is 1.88 bits per heavy atom. The van der Waals surface area contributed by atoms with E-state index in [0.29, 0.717) is 29.8 Å². The third-order valence-corrected chi connectivity index (χ3v) is 4.16. The lowest BCUT2D eigenvalue weighted by atomic mass is 9.88. The average Bonchev–Trinajstić information content (AvgIpc) is 2.53. The van der Waals surface area contributed by atoms with E-state index in [2.05, 4.69) is 10.3 Å². The van der Waals surface area contributed by atoms with Crippen LogP contribution < -0.4 is 11.1 Å². The number of hydrogen-bond acceptors (Lipinski definition) is 4. The van der Waals surface area contributed by atoms with Crippen LogP contribution in [0.15, 0.2) is 41.4 Å². The van der Waals surface area contributed by atoms with Crippen LogP contribution in [0.2, 0.25) is 0 Å². The molecule has 1 aliphatic rings. The van der Waals surface area contributed by atoms with E-state index in [1.165, 1.54) is 18.2 Å². The number of nitrogens with two attached hydrogens (primary N) is 1. The lowest BCUT2D eigenvalue weighted by molar-refractivity contribution is 0.215. The minimum absolute atomic E-state index is 0.0294. The van der Waals surface area contributed by atoms with Gasteiger partial charge in [0.25, 0.3) is 6.02 Å². The summed E-state index contributed by atoms with van der Waals surface area (Å²) >= 11 is 0. The molecule has 0 aliphatic carbocycles. The van der Waals surface area contributed by atoms with E-state index in [4.69, 9.17) is 10.5 Å². The Bertz CT molecular complexity index is 805. The quantitative estimate of drug-likeness (QED) is 0.885. The third-order valence-electron chi connectivity index (χ3n) is 4.16. The van der Waals surface area contributed by atoms with E-state index in [-0.39, 0.29) is 12.6 Å². The Balaban J connectivity index is 1.83. The molecule has 1 aliphatic heterocycles. The number of nitrogens with one attached hydrogen (secondary N) is 1. The van der Waals surface area contributed by atoms with Gasteiger partial charge in [-0.2, -0.15) is 0 Å². The van der Waals surface area contributed by atoms with Crippen LogP contribution in [-0.4, -0.2) is 12.6 Å². The molecular weight excluding hydrogens is 331 g/mol. The first-order chi connectivity index (χ1) is 11.9. The van der Waals surface area contributed by atoms with Crippen molar-refractivity contribution in [2.24, 2.45) is 10.7 Å². The molecular formula is C18H18F3N3O. The standard InChI is InChI=1S/C18H18F3N3O/c1-18(4-5-25-17(22)24-18)15-9-14(2-3-16(15)21)23-10-11-6-12(19)8-13(20)7-11/h2-3,6-9,23H,4-5,10H2,1H3,(H2,22,24)/t18-/m0/s1. The van der Waals surface area contributed by atoms with Crippen molar-refractivity contribution in [2.75, 3.05) is 11.9 Å². The Kier molecular flexibility index (Phi) is 4.57. The van der Waals surface area contributed by atoms with Crippen LogP contribution in [0.25, 0.3) is 0 Å². The minimum atomic E-state index is -0.824. The molecule has 132 valence electrons. The number of hydrogen-bond donors (Lipinski definition) is 2. The first-order valence-electron chi connectivity index (χ1n) is 7.83. The highest BCUT2D eigenvalue weighted by molar-refractivity contribution is 5.73. The van der Waals surface area contributed by atoms with E-state index >= 15 is 0 Å². The molecule has 0 aromatic heterocycles. The number of aliphatic imine (C=N–C) groups is 1. The Morgan fingerprint density at radius 3 is 2.56 bits per heavy atom. The second-order valence-corrected chi connectivity index (χ2v) is 6.15. The Morgan fingerprint density at radius 1 is 1.16 bits per heavy atom. The van der Waals surface area contributed by atoms with E-state index < -0.39 is 23.0 Å². The maximum atomic E-state index is 14.3. The molecule has 0 saturated heterocycles. The molecule has 3 rings (SSSR count). The molecule has 4 nitrogen and oxygen atoms in total. The van der Waals surface area contributed by atoms with Gasteiger partial charge < -0.3 is 15.8 Å². The van der Waals surface area contributed by atoms with Gasteiger partial charge in [0.2, 0.25) is 0 Å². The van der Waals surface area contributed by atoms with Crippen molar-refractivity contribution in [3.05, 3.63) is 65.0 Å². The Labute approximate surface area is 143 Å². The molecule has 25 heavy (non-hydrogen) atoms. The summed E-state index contributed by atoms with van der Waals surface area (Å²) in [6.07, 6.45) is 0.489. The SMILES string of the molecule is C[C@@]1(c2cc(NCc3cc(F)cc(F)c3)ccc2F)CCOC(N)=N1. The minimum Gasteiger partial charge on any atom is -0.465 e. The van der Waals surface area contributed by atoms with Gasteiger partial charge in [0.15, 0.2) is 0 Å². The van der Waals surface area contributed by atoms with E-state index in [1.54, 1.807) is 19.1 Å². The summed E-state index contributed by atoms with van der Waals surface area (Å²) in [4.78, 5) is 4.23. The molecule has 0 amide bonds. The average molecular weight is 349 g/mol. The van der Waals surface area contributed by atoms with Crippen molar-refractivity contribution < 1.29 is 17.9 Å². The van der Waals surface area contributed by atoms with Gasteiger partial charge in [-0.05, 0) is 42.8 Å². The summed E-state index contributed by atoms with van der Waals surface area (Å²) in [7, 11) is 0. The maximum absolute atomic E-state index is 14.3. The van der Waals surface area contributed by atoms with Crippen molar-refractivity contribution in [3.8, 4) is 0 Å². The third kappa shape index (κ3) is 3.87. The van der Waals surface area contributed by atoms with Gasteiger partial charge in [-0.3, -0.25) is 0 Å². The predicted octanol–water partition coefficient (Wildman–Crippen LogP) is 3.67. The summed E-state index contributed by atoms with van der Waals surface area (Å²) in [5.41, 5.74) is 6.24. The number of anilines is 1. The monoisotopic (exact) mass is 349 g/mol. The van der Waals surface area contributed by atoms with Crippen molar-refractivity contribution in [3.63, 3.8) is 0 Å². The zero-order valence-corrected chi connectivity index (χ0v) is 13.7. The van der Waals surface area contributed by atoms with Crippen LogP contribution in [0.1, 0.15) is 24.5 Å². The van der Waals surface area contributed by atoms with Gasteiger partial charge in [-0.1, -0.05) is 0 Å². The summed E-state index contributed by atoms with van der Waals surface area (Å²) in [6.45, 7) is 2.34. The first kappa shape index (κ1) is 17.1. The van der Waals surface area contributed by atoms with Crippen molar-refractivity contribution in [2.45, 2.75) is 25.4 Å². The second kappa shape index (κ2) is 6.66. The van der Waals surface area contributed by atoms with Crippen molar-refractivity contribution >= 4 is 11.7 Å². The number of benzene rings is 2. The van der Waals surface area contributed by atoms with Crippen LogP contribution in [-0.2, 0) is 16.8 Å². The van der Waals surface area contributed by atoms with Crippen LogP contribution in [0.3, 0.4) is 0 Å². The fourth-order valence-corrected chi connectivity index (χ4v) is 2.85. The molecule has 2 aromatic rings. The lowest BCUT2D eigenvalue weighted by Gasteiger charge is -2.30. The molecule has 0 saturated carbocycles. The van der Waals surface area contributed by atoms with Crippen LogP contribution in [0.4, 0.5) is 18.9 Å². The van der Waals surface area contributed by atoms with Gasteiger partial charge in [0, 0.05) is 30.3 Å². The molecule has 0 unspecified atom stereocenters. The van der Waals surface area contributed by atoms with Gasteiger partial charge in [-0.25, -0.2) is 18.2 Å². The van der Waals surface area contributed by atoms with Gasteiger partial charge in [0.1, 0.15) is 17.5 Å². The molecule has 1 heterocycles. The Hall–Kier alpha value is -2.70. The molecule has 2 aromatic carbocycles. The number of halogens is 3. The molecule has 0 radical (unpaired) electrons. The highest BCUT2D eigenvalue weighted by Gasteiger charge is 2.32. The molecule has 7 heteroatoms. The normalized spacial score (nSPS) is 19.9. The van der Waals surface area contributed by atoms with Crippen LogP contribution >= 0.6 is 0 Å². The smallest absolute Gasteiger partial charge is 0.282 e. The highest BCUT2D eigenvalue weighted by atomic mass is 19.1. The number of nitrogens with zero attached hydrogens (tertiary/aromatic N) is 1. The van der Waals surface area contributed by atoms with Crippen molar-refractivity contribution in [1.82, 2.24) is 0 Å². The number of rotatable bonds is 4. The van der Waals surface area contributed by atoms with E-state index in [1.807, 2.05) is 0 Å². The summed E-state index contributed by atoms with van der Waals surface area (Å²) in [5.74, 6) is -1.68. The number of ether oxygens (including phenoxy) is 1. The van der Waals surface area contributed by atoms with Gasteiger partial charge >= 0.3 is 0 Å². The zero-order chi connectivity index (χ0) is 18.0. The summed E-state index contributed by atoms with van der Waals surface area (Å²) in [6, 6.07) is 7.85.